The first kappa shape index (κ1) is 19.9. The van der Waals surface area contributed by atoms with Crippen molar-refractivity contribution in [2.45, 2.75) is 10.9 Å². The number of rotatable bonds is 7. The van der Waals surface area contributed by atoms with Gasteiger partial charge in [-0.2, -0.15) is 5.10 Å². The first-order valence-electron chi connectivity index (χ1n) is 7.75. The molecule has 144 valence electrons. The minimum absolute atomic E-state index is 0.0214. The van der Waals surface area contributed by atoms with Gasteiger partial charge in [0.2, 0.25) is 5.16 Å². The van der Waals surface area contributed by atoms with E-state index in [0.717, 1.165) is 5.56 Å². The van der Waals surface area contributed by atoms with Crippen LogP contribution in [-0.4, -0.2) is 26.0 Å². The molecule has 0 aliphatic carbocycles. The highest BCUT2D eigenvalue weighted by Crippen LogP contribution is 2.27. The Morgan fingerprint density at radius 1 is 1.25 bits per heavy atom. The van der Waals surface area contributed by atoms with Gasteiger partial charge in [0.05, 0.1) is 21.2 Å². The molecule has 0 atom stereocenters. The molecule has 0 saturated carbocycles. The van der Waals surface area contributed by atoms with E-state index in [1.165, 1.54) is 34.8 Å². The van der Waals surface area contributed by atoms with Crippen molar-refractivity contribution in [3.05, 3.63) is 73.8 Å². The highest BCUT2D eigenvalue weighted by molar-refractivity contribution is 7.98. The lowest BCUT2D eigenvalue weighted by Crippen LogP contribution is -2.13. The number of halogens is 2. The average molecular weight is 438 g/mol. The van der Waals surface area contributed by atoms with Gasteiger partial charge in [0, 0.05) is 23.4 Å². The second-order valence-electron chi connectivity index (χ2n) is 5.44. The van der Waals surface area contributed by atoms with Crippen LogP contribution in [0.4, 0.5) is 11.6 Å². The summed E-state index contributed by atoms with van der Waals surface area (Å²) in [4.78, 5) is 10.3. The zero-order valence-electron chi connectivity index (χ0n) is 14.1. The number of nitro groups is 1. The maximum atomic E-state index is 10.8. The van der Waals surface area contributed by atoms with Crippen LogP contribution >= 0.6 is 35.0 Å². The van der Waals surface area contributed by atoms with Crippen molar-refractivity contribution in [1.82, 2.24) is 14.9 Å². The molecule has 0 unspecified atom stereocenters. The standard InChI is InChI=1S/C16H13Cl2N7O2S/c17-13-5-4-11(7-14(13)18)9-28-16-23-22-15(24(16)19)21-20-8-10-2-1-3-12(6-10)25(26)27/h1-8H,9,19H2,(H,21,22)/b20-8+. The molecule has 0 fully saturated rings. The number of nitrogens with two attached hydrogens (primary N) is 1. The summed E-state index contributed by atoms with van der Waals surface area (Å²) < 4.78 is 1.26. The summed E-state index contributed by atoms with van der Waals surface area (Å²) in [6.07, 6.45) is 1.42. The molecule has 28 heavy (non-hydrogen) atoms. The molecule has 0 amide bonds. The molecule has 0 aliphatic rings. The number of non-ortho nitro benzene ring substituents is 1. The van der Waals surface area contributed by atoms with Gasteiger partial charge in [-0.1, -0.05) is 53.2 Å². The summed E-state index contributed by atoms with van der Waals surface area (Å²) in [7, 11) is 0. The van der Waals surface area contributed by atoms with Crippen molar-refractivity contribution in [1.29, 1.82) is 0 Å². The first-order valence-corrected chi connectivity index (χ1v) is 9.49. The molecule has 0 radical (unpaired) electrons. The first-order chi connectivity index (χ1) is 13.4. The third kappa shape index (κ3) is 4.91. The molecule has 1 aromatic heterocycles. The van der Waals surface area contributed by atoms with Gasteiger partial charge in [0.15, 0.2) is 0 Å². The number of hydrogen-bond acceptors (Lipinski definition) is 8. The van der Waals surface area contributed by atoms with Crippen molar-refractivity contribution in [3.63, 3.8) is 0 Å². The van der Waals surface area contributed by atoms with E-state index >= 15 is 0 Å². The second kappa shape index (κ2) is 8.91. The van der Waals surface area contributed by atoms with Crippen LogP contribution in [0.1, 0.15) is 11.1 Å². The highest BCUT2D eigenvalue weighted by atomic mass is 35.5. The number of nitrogen functional groups attached to an aromatic ring is 1. The van der Waals surface area contributed by atoms with Crippen LogP contribution in [-0.2, 0) is 5.75 Å². The quantitative estimate of drug-likeness (QED) is 0.188. The number of hydrogen-bond donors (Lipinski definition) is 2. The number of nitrogens with one attached hydrogen (secondary N) is 1. The topological polar surface area (TPSA) is 124 Å². The molecule has 0 aliphatic heterocycles. The number of thioether (sulfide) groups is 1. The minimum Gasteiger partial charge on any atom is -0.334 e. The van der Waals surface area contributed by atoms with Crippen LogP contribution in [0.25, 0.3) is 0 Å². The van der Waals surface area contributed by atoms with Gasteiger partial charge in [-0.15, -0.1) is 10.2 Å². The number of anilines is 1. The monoisotopic (exact) mass is 437 g/mol. The van der Waals surface area contributed by atoms with E-state index in [-0.39, 0.29) is 11.6 Å². The molecule has 1 heterocycles. The van der Waals surface area contributed by atoms with Gasteiger partial charge in [0.1, 0.15) is 0 Å². The largest absolute Gasteiger partial charge is 0.334 e. The van der Waals surface area contributed by atoms with Crippen molar-refractivity contribution in [2.75, 3.05) is 11.3 Å². The Balaban J connectivity index is 1.62. The van der Waals surface area contributed by atoms with E-state index in [9.17, 15) is 10.1 Å². The normalized spacial score (nSPS) is 11.1. The molecule has 2 aromatic carbocycles. The van der Waals surface area contributed by atoms with Crippen molar-refractivity contribution in [2.24, 2.45) is 5.10 Å². The van der Waals surface area contributed by atoms with E-state index in [1.807, 2.05) is 6.07 Å². The Bertz CT molecular complexity index is 1040. The van der Waals surface area contributed by atoms with Crippen molar-refractivity contribution >= 4 is 52.8 Å². The van der Waals surface area contributed by atoms with Gasteiger partial charge >= 0.3 is 0 Å². The molecular weight excluding hydrogens is 425 g/mol. The Morgan fingerprint density at radius 2 is 2.07 bits per heavy atom. The zero-order valence-corrected chi connectivity index (χ0v) is 16.4. The highest BCUT2D eigenvalue weighted by Gasteiger charge is 2.10. The maximum Gasteiger partial charge on any atom is 0.270 e. The SMILES string of the molecule is Nn1c(N/N=C/c2cccc([N+](=O)[O-])c2)nnc1SCc1ccc(Cl)c(Cl)c1. The van der Waals surface area contributed by atoms with Gasteiger partial charge in [-0.3, -0.25) is 10.1 Å². The Hall–Kier alpha value is -2.82. The number of benzene rings is 2. The average Bonchev–Trinajstić information content (AvgIpc) is 3.03. The molecule has 0 saturated heterocycles. The Labute approximate surface area is 173 Å². The summed E-state index contributed by atoms with van der Waals surface area (Å²) in [6.45, 7) is 0. The van der Waals surface area contributed by atoms with Crippen LogP contribution in [0.3, 0.4) is 0 Å². The zero-order chi connectivity index (χ0) is 20.1. The van der Waals surface area contributed by atoms with E-state index in [2.05, 4.69) is 20.7 Å². The Morgan fingerprint density at radius 3 is 2.82 bits per heavy atom. The van der Waals surface area contributed by atoms with Crippen molar-refractivity contribution < 1.29 is 4.92 Å². The number of aromatic nitrogens is 3. The number of nitro benzene ring substituents is 1. The lowest BCUT2D eigenvalue weighted by molar-refractivity contribution is -0.384. The van der Waals surface area contributed by atoms with Crippen molar-refractivity contribution in [3.8, 4) is 0 Å². The van der Waals surface area contributed by atoms with E-state index in [1.54, 1.807) is 24.3 Å². The molecule has 3 aromatic rings. The lowest BCUT2D eigenvalue weighted by Gasteiger charge is -2.04. The van der Waals surface area contributed by atoms with E-state index in [0.29, 0.717) is 26.5 Å². The smallest absolute Gasteiger partial charge is 0.270 e. The van der Waals surface area contributed by atoms with E-state index in [4.69, 9.17) is 29.0 Å². The number of hydrazone groups is 1. The molecule has 12 heteroatoms. The summed E-state index contributed by atoms with van der Waals surface area (Å²) >= 11 is 13.3. The van der Waals surface area contributed by atoms with Gasteiger partial charge in [-0.25, -0.2) is 10.1 Å². The predicted molar refractivity (Wildman–Crippen MR) is 111 cm³/mol. The molecule has 0 spiro atoms. The minimum atomic E-state index is -0.474. The molecule has 0 bridgehead atoms. The molecule has 9 nitrogen and oxygen atoms in total. The summed E-state index contributed by atoms with van der Waals surface area (Å²) in [5, 5.41) is 24.1. The fourth-order valence-corrected chi connectivity index (χ4v) is 3.23. The number of nitrogens with zero attached hydrogens (tertiary/aromatic N) is 5. The molecule has 3 N–H and O–H groups in total. The van der Waals surface area contributed by atoms with Crippen LogP contribution in [0.15, 0.2) is 52.7 Å². The third-order valence-electron chi connectivity index (χ3n) is 3.48. The lowest BCUT2D eigenvalue weighted by atomic mass is 10.2. The van der Waals surface area contributed by atoms with Gasteiger partial charge < -0.3 is 5.84 Å². The van der Waals surface area contributed by atoms with Crippen LogP contribution in [0.2, 0.25) is 10.0 Å². The fourth-order valence-electron chi connectivity index (χ4n) is 2.11. The van der Waals surface area contributed by atoms with Crippen LogP contribution in [0, 0.1) is 10.1 Å². The summed E-state index contributed by atoms with van der Waals surface area (Å²) in [5.74, 6) is 6.76. The predicted octanol–water partition coefficient (Wildman–Crippen LogP) is 3.95. The van der Waals surface area contributed by atoms with Gasteiger partial charge in [0.25, 0.3) is 11.6 Å². The second-order valence-corrected chi connectivity index (χ2v) is 7.19. The van der Waals surface area contributed by atoms with Crippen LogP contribution in [0.5, 0.6) is 0 Å². The fraction of sp³-hybridized carbons (Fsp3) is 0.0625. The summed E-state index contributed by atoms with van der Waals surface area (Å²) in [6, 6.07) is 11.4. The van der Waals surface area contributed by atoms with Crippen LogP contribution < -0.4 is 11.3 Å². The molecular formula is C16H13Cl2N7O2S. The van der Waals surface area contributed by atoms with E-state index < -0.39 is 4.92 Å². The molecule has 3 rings (SSSR count). The third-order valence-corrected chi connectivity index (χ3v) is 5.23. The summed E-state index contributed by atoms with van der Waals surface area (Å²) in [5.41, 5.74) is 4.15. The van der Waals surface area contributed by atoms with Gasteiger partial charge in [-0.05, 0) is 17.7 Å². The Kier molecular flexibility index (Phi) is 6.34. The maximum absolute atomic E-state index is 10.8.